The van der Waals surface area contributed by atoms with Crippen molar-refractivity contribution in [1.82, 2.24) is 0 Å². The zero-order chi connectivity index (χ0) is 7.97. The highest BCUT2D eigenvalue weighted by atomic mass is 14.8. The van der Waals surface area contributed by atoms with Gasteiger partial charge in [-0.05, 0) is 31.3 Å². The molecule has 0 fully saturated rings. The highest BCUT2D eigenvalue weighted by Crippen LogP contribution is 2.38. The van der Waals surface area contributed by atoms with Gasteiger partial charge in [0, 0.05) is 18.2 Å². The van der Waals surface area contributed by atoms with Gasteiger partial charge in [-0.2, -0.15) is 0 Å². The molecule has 1 nitrogen and oxygen atoms in total. The van der Waals surface area contributed by atoms with Gasteiger partial charge in [0.2, 0.25) is 0 Å². The lowest BCUT2D eigenvalue weighted by Gasteiger charge is -2.21. The molecular weight excluding hydrogens is 146 g/mol. The molecule has 0 aromatic heterocycles. The van der Waals surface area contributed by atoms with Gasteiger partial charge in [-0.3, -0.25) is 4.99 Å². The maximum atomic E-state index is 4.57. The van der Waals surface area contributed by atoms with Crippen molar-refractivity contribution in [2.45, 2.75) is 25.7 Å². The molecule has 0 aromatic rings. The molecule has 0 saturated carbocycles. The van der Waals surface area contributed by atoms with Crippen molar-refractivity contribution in [3.8, 4) is 0 Å². The average molecular weight is 159 g/mol. The van der Waals surface area contributed by atoms with Crippen LogP contribution in [0.2, 0.25) is 0 Å². The Hall–Kier alpha value is -0.850. The predicted octanol–water partition coefficient (Wildman–Crippen LogP) is 2.50. The van der Waals surface area contributed by atoms with Crippen molar-refractivity contribution < 1.29 is 0 Å². The van der Waals surface area contributed by atoms with Gasteiger partial charge in [0.25, 0.3) is 0 Å². The molecule has 0 saturated heterocycles. The van der Waals surface area contributed by atoms with E-state index in [1.165, 1.54) is 31.4 Å². The van der Waals surface area contributed by atoms with Crippen LogP contribution in [0.25, 0.3) is 0 Å². The van der Waals surface area contributed by atoms with Crippen LogP contribution in [0.15, 0.2) is 28.3 Å². The first kappa shape index (κ1) is 6.64. The first-order chi connectivity index (χ1) is 5.95. The van der Waals surface area contributed by atoms with Crippen LogP contribution < -0.4 is 0 Å². The molecule has 0 spiro atoms. The molecule has 0 amide bonds. The summed E-state index contributed by atoms with van der Waals surface area (Å²) in [5.74, 6) is 0.729. The van der Waals surface area contributed by atoms with Crippen molar-refractivity contribution >= 4 is 5.71 Å². The average Bonchev–Trinajstić information content (AvgIpc) is 2.71. The van der Waals surface area contributed by atoms with E-state index in [1.807, 2.05) is 0 Å². The number of hydrogen-bond donors (Lipinski definition) is 0. The molecule has 0 aromatic carbocycles. The minimum absolute atomic E-state index is 0.729. The van der Waals surface area contributed by atoms with Gasteiger partial charge in [-0.1, -0.05) is 17.7 Å². The second-order valence-corrected chi connectivity index (χ2v) is 3.88. The van der Waals surface area contributed by atoms with E-state index in [2.05, 4.69) is 17.1 Å². The number of rotatable bonds is 0. The molecule has 0 N–H and O–H groups in total. The molecule has 3 rings (SSSR count). The van der Waals surface area contributed by atoms with Crippen molar-refractivity contribution in [3.63, 3.8) is 0 Å². The lowest BCUT2D eigenvalue weighted by molar-refractivity contribution is 0.740. The van der Waals surface area contributed by atoms with Crippen molar-refractivity contribution in [2.24, 2.45) is 10.9 Å². The number of hydrogen-bond acceptors (Lipinski definition) is 1. The molecule has 1 unspecified atom stereocenters. The molecular formula is C11H13N. The summed E-state index contributed by atoms with van der Waals surface area (Å²) in [5.41, 5.74) is 4.80. The Bertz CT molecular complexity index is 307. The van der Waals surface area contributed by atoms with Gasteiger partial charge in [0.1, 0.15) is 0 Å². The first-order valence-corrected chi connectivity index (χ1v) is 4.87. The van der Waals surface area contributed by atoms with Gasteiger partial charge in [0.15, 0.2) is 0 Å². The van der Waals surface area contributed by atoms with Crippen molar-refractivity contribution in [1.29, 1.82) is 0 Å². The summed E-state index contributed by atoms with van der Waals surface area (Å²) in [6.45, 7) is 1.07. The highest BCUT2D eigenvalue weighted by molar-refractivity contribution is 5.93. The summed E-state index contributed by atoms with van der Waals surface area (Å²) < 4.78 is 0. The molecule has 1 aliphatic heterocycles. The number of aliphatic imine (C=N–C) groups is 1. The van der Waals surface area contributed by atoms with Gasteiger partial charge in [-0.15, -0.1) is 0 Å². The quantitative estimate of drug-likeness (QED) is 0.515. The topological polar surface area (TPSA) is 12.4 Å². The first-order valence-electron chi connectivity index (χ1n) is 4.87. The maximum absolute atomic E-state index is 4.57. The summed E-state index contributed by atoms with van der Waals surface area (Å²) in [6.07, 6.45) is 9.66. The van der Waals surface area contributed by atoms with E-state index in [9.17, 15) is 0 Å². The second-order valence-electron chi connectivity index (χ2n) is 3.88. The van der Waals surface area contributed by atoms with E-state index >= 15 is 0 Å². The van der Waals surface area contributed by atoms with Gasteiger partial charge < -0.3 is 0 Å². The predicted molar refractivity (Wildman–Crippen MR) is 50.4 cm³/mol. The van der Waals surface area contributed by atoms with Crippen LogP contribution in [0.1, 0.15) is 25.7 Å². The molecule has 62 valence electrons. The van der Waals surface area contributed by atoms with Crippen molar-refractivity contribution in [3.05, 3.63) is 23.3 Å². The normalized spacial score (nSPS) is 32.0. The molecule has 0 bridgehead atoms. The molecule has 1 atom stereocenters. The highest BCUT2D eigenvalue weighted by Gasteiger charge is 2.30. The third-order valence-electron chi connectivity index (χ3n) is 3.26. The second kappa shape index (κ2) is 2.32. The summed E-state index contributed by atoms with van der Waals surface area (Å²) in [7, 11) is 0. The number of allylic oxidation sites excluding steroid dienone is 4. The van der Waals surface area contributed by atoms with Crippen LogP contribution >= 0.6 is 0 Å². The van der Waals surface area contributed by atoms with Crippen molar-refractivity contribution in [2.75, 3.05) is 6.54 Å². The van der Waals surface area contributed by atoms with E-state index in [4.69, 9.17) is 0 Å². The lowest BCUT2D eigenvalue weighted by atomic mass is 9.82. The van der Waals surface area contributed by atoms with E-state index in [0.717, 1.165) is 12.5 Å². The van der Waals surface area contributed by atoms with Gasteiger partial charge in [-0.25, -0.2) is 0 Å². The fourth-order valence-corrected chi connectivity index (χ4v) is 2.65. The van der Waals surface area contributed by atoms with E-state index in [0.29, 0.717) is 0 Å². The number of nitrogens with zero attached hydrogens (tertiary/aromatic N) is 1. The Balaban J connectivity index is 2.05. The number of fused-ring (bicyclic) bond motifs is 2. The SMILES string of the molecule is C1=CC2=C(C1)CCC1=NCCC12. The van der Waals surface area contributed by atoms with Crippen LogP contribution in [-0.2, 0) is 0 Å². The summed E-state index contributed by atoms with van der Waals surface area (Å²) >= 11 is 0. The summed E-state index contributed by atoms with van der Waals surface area (Å²) in [4.78, 5) is 4.57. The Kier molecular flexibility index (Phi) is 1.28. The monoisotopic (exact) mass is 159 g/mol. The Morgan fingerprint density at radius 3 is 3.33 bits per heavy atom. The van der Waals surface area contributed by atoms with E-state index in [-0.39, 0.29) is 0 Å². The lowest BCUT2D eigenvalue weighted by Crippen LogP contribution is -2.17. The van der Waals surface area contributed by atoms with Gasteiger partial charge >= 0.3 is 0 Å². The standard InChI is InChI=1S/C11H13N/c1-2-8-4-5-11-10(6-7-12-11)9(8)3-1/h1,3,10H,2,4-7H2. The van der Waals surface area contributed by atoms with E-state index < -0.39 is 0 Å². The maximum Gasteiger partial charge on any atom is 0.0398 e. The fourth-order valence-electron chi connectivity index (χ4n) is 2.65. The van der Waals surface area contributed by atoms with Crippen LogP contribution in [0, 0.1) is 5.92 Å². The van der Waals surface area contributed by atoms with Crippen LogP contribution in [0.3, 0.4) is 0 Å². The fraction of sp³-hybridized carbons (Fsp3) is 0.545. The Labute approximate surface area is 72.9 Å². The van der Waals surface area contributed by atoms with Crippen LogP contribution in [0.5, 0.6) is 0 Å². The third-order valence-corrected chi connectivity index (χ3v) is 3.26. The molecule has 1 heterocycles. The Morgan fingerprint density at radius 1 is 1.33 bits per heavy atom. The smallest absolute Gasteiger partial charge is 0.0398 e. The van der Waals surface area contributed by atoms with Gasteiger partial charge in [0.05, 0.1) is 0 Å². The van der Waals surface area contributed by atoms with E-state index in [1.54, 1.807) is 11.1 Å². The zero-order valence-electron chi connectivity index (χ0n) is 7.21. The Morgan fingerprint density at radius 2 is 2.33 bits per heavy atom. The molecule has 12 heavy (non-hydrogen) atoms. The molecule has 2 aliphatic carbocycles. The molecule has 0 radical (unpaired) electrons. The van der Waals surface area contributed by atoms with Crippen LogP contribution in [0.4, 0.5) is 0 Å². The summed E-state index contributed by atoms with van der Waals surface area (Å²) in [5, 5.41) is 0. The molecule has 3 aliphatic rings. The third kappa shape index (κ3) is 0.767. The van der Waals surface area contributed by atoms with Crippen LogP contribution in [-0.4, -0.2) is 12.3 Å². The minimum atomic E-state index is 0.729. The largest absolute Gasteiger partial charge is 0.293 e. The minimum Gasteiger partial charge on any atom is -0.293 e. The molecule has 1 heteroatoms. The zero-order valence-corrected chi connectivity index (χ0v) is 7.21. The summed E-state index contributed by atoms with van der Waals surface area (Å²) in [6, 6.07) is 0.